The molecule has 3 aromatic heterocycles. The van der Waals surface area contributed by atoms with Gasteiger partial charge >= 0.3 is 6.09 Å². The Balaban J connectivity index is 1.22. The van der Waals surface area contributed by atoms with Gasteiger partial charge in [0.25, 0.3) is 0 Å². The van der Waals surface area contributed by atoms with Crippen LogP contribution in [0, 0.1) is 19.3 Å². The van der Waals surface area contributed by atoms with Gasteiger partial charge in [0.05, 0.1) is 23.0 Å². The van der Waals surface area contributed by atoms with Crippen molar-refractivity contribution in [3.05, 3.63) is 34.9 Å². The van der Waals surface area contributed by atoms with Crippen LogP contribution in [0.5, 0.6) is 0 Å². The van der Waals surface area contributed by atoms with E-state index >= 15 is 0 Å². The lowest BCUT2D eigenvalue weighted by atomic mass is 9.58. The molecular formula is C26H35N7O2. The average molecular weight is 478 g/mol. The van der Waals surface area contributed by atoms with E-state index in [9.17, 15) is 4.79 Å². The minimum Gasteiger partial charge on any atom is -0.443 e. The Kier molecular flexibility index (Phi) is 5.09. The van der Waals surface area contributed by atoms with Crippen LogP contribution in [0.4, 0.5) is 10.5 Å². The summed E-state index contributed by atoms with van der Waals surface area (Å²) in [6, 6.07) is 2.19. The van der Waals surface area contributed by atoms with Gasteiger partial charge in [-0.3, -0.25) is 9.36 Å². The number of anilines is 1. The van der Waals surface area contributed by atoms with E-state index in [1.807, 2.05) is 17.9 Å². The Bertz CT molecular complexity index is 1280. The third-order valence-corrected chi connectivity index (χ3v) is 8.82. The summed E-state index contributed by atoms with van der Waals surface area (Å²) in [5, 5.41) is 13.2. The highest BCUT2D eigenvalue weighted by Gasteiger charge is 2.51. The van der Waals surface area contributed by atoms with Gasteiger partial charge in [0.1, 0.15) is 5.60 Å². The summed E-state index contributed by atoms with van der Waals surface area (Å²) < 4.78 is 9.98. The number of hydrogen-bond acceptors (Lipinski definition) is 6. The quantitative estimate of drug-likeness (QED) is 0.615. The van der Waals surface area contributed by atoms with Crippen molar-refractivity contribution in [2.24, 2.45) is 12.5 Å². The van der Waals surface area contributed by atoms with Gasteiger partial charge in [0.2, 0.25) is 0 Å². The van der Waals surface area contributed by atoms with E-state index in [0.29, 0.717) is 0 Å². The highest BCUT2D eigenvalue weighted by molar-refractivity contribution is 5.89. The Morgan fingerprint density at radius 3 is 2.63 bits per heavy atom. The lowest BCUT2D eigenvalue weighted by Crippen LogP contribution is -2.51. The number of aromatic nitrogens is 5. The summed E-state index contributed by atoms with van der Waals surface area (Å²) >= 11 is 0. The van der Waals surface area contributed by atoms with Crippen molar-refractivity contribution in [1.82, 2.24) is 29.9 Å². The molecule has 186 valence electrons. The zero-order valence-corrected chi connectivity index (χ0v) is 21.2. The number of aryl methyl sites for hydroxylation is 3. The summed E-state index contributed by atoms with van der Waals surface area (Å²) in [6.45, 7) is 7.00. The first-order chi connectivity index (χ1) is 16.8. The predicted molar refractivity (Wildman–Crippen MR) is 133 cm³/mol. The fraction of sp³-hybridized carbons (Fsp3) is 0.615. The summed E-state index contributed by atoms with van der Waals surface area (Å²) in [6.07, 6.45) is 8.78. The van der Waals surface area contributed by atoms with Crippen molar-refractivity contribution >= 4 is 22.8 Å². The average Bonchev–Trinajstić information content (AvgIpc) is 3.38. The zero-order chi connectivity index (χ0) is 24.4. The smallest absolute Gasteiger partial charge is 0.407 e. The number of rotatable bonds is 4. The highest BCUT2D eigenvalue weighted by atomic mass is 16.6. The highest BCUT2D eigenvalue weighted by Crippen LogP contribution is 2.55. The van der Waals surface area contributed by atoms with E-state index in [-0.39, 0.29) is 17.1 Å². The molecule has 35 heavy (non-hydrogen) atoms. The molecule has 3 aromatic rings. The van der Waals surface area contributed by atoms with Crippen molar-refractivity contribution in [1.29, 1.82) is 0 Å². The summed E-state index contributed by atoms with van der Waals surface area (Å²) in [5.41, 5.74) is 7.06. The molecule has 0 spiro atoms. The molecule has 0 aromatic carbocycles. The number of amides is 1. The number of hydrogen-bond donors (Lipinski definition) is 1. The summed E-state index contributed by atoms with van der Waals surface area (Å²) in [4.78, 5) is 19.0. The van der Waals surface area contributed by atoms with Gasteiger partial charge in [-0.1, -0.05) is 0 Å². The molecule has 0 saturated heterocycles. The Morgan fingerprint density at radius 1 is 1.17 bits per heavy atom. The topological polar surface area (TPSA) is 90.1 Å². The molecule has 2 bridgehead atoms. The van der Waals surface area contributed by atoms with Gasteiger partial charge in [-0.25, -0.2) is 9.78 Å². The van der Waals surface area contributed by atoms with Crippen LogP contribution in [0.15, 0.2) is 12.3 Å². The Morgan fingerprint density at radius 2 is 1.91 bits per heavy atom. The Labute approximate surface area is 205 Å². The third kappa shape index (κ3) is 3.67. The molecule has 0 unspecified atom stereocenters. The van der Waals surface area contributed by atoms with Gasteiger partial charge in [-0.2, -0.15) is 10.2 Å². The lowest BCUT2D eigenvalue weighted by molar-refractivity contribution is -0.102. The number of nitrogens with zero attached hydrogens (tertiary/aromatic N) is 6. The van der Waals surface area contributed by atoms with Gasteiger partial charge < -0.3 is 15.0 Å². The van der Waals surface area contributed by atoms with Crippen LogP contribution in [-0.2, 0) is 31.3 Å². The van der Waals surface area contributed by atoms with Crippen molar-refractivity contribution < 1.29 is 9.53 Å². The van der Waals surface area contributed by atoms with Crippen molar-refractivity contribution in [3.63, 3.8) is 0 Å². The fourth-order valence-electron chi connectivity index (χ4n) is 6.66. The van der Waals surface area contributed by atoms with Gasteiger partial charge in [0, 0.05) is 57.1 Å². The van der Waals surface area contributed by atoms with Crippen LogP contribution in [0.25, 0.3) is 11.0 Å². The van der Waals surface area contributed by atoms with Crippen molar-refractivity contribution in [3.8, 4) is 0 Å². The molecule has 9 nitrogen and oxygen atoms in total. The molecule has 4 aliphatic rings. The molecule has 3 aliphatic carbocycles. The van der Waals surface area contributed by atoms with Gasteiger partial charge in [0.15, 0.2) is 5.65 Å². The second-order valence-electron chi connectivity index (χ2n) is 11.0. The van der Waals surface area contributed by atoms with Gasteiger partial charge in [-0.05, 0) is 63.9 Å². The van der Waals surface area contributed by atoms with Gasteiger partial charge in [-0.15, -0.1) is 0 Å². The van der Waals surface area contributed by atoms with Crippen molar-refractivity contribution in [2.45, 2.75) is 77.5 Å². The number of alkyl carbamates (subject to hydrolysis) is 1. The van der Waals surface area contributed by atoms with Crippen LogP contribution in [0.2, 0.25) is 0 Å². The minimum atomic E-state index is -0.298. The first kappa shape index (κ1) is 22.4. The molecule has 0 radical (unpaired) electrons. The molecule has 0 atom stereocenters. The Hall–Kier alpha value is -3.10. The van der Waals surface area contributed by atoms with Crippen LogP contribution in [0.3, 0.4) is 0 Å². The maximum atomic E-state index is 11.9. The maximum Gasteiger partial charge on any atom is 0.407 e. The zero-order valence-electron chi connectivity index (χ0n) is 21.2. The molecule has 4 heterocycles. The summed E-state index contributed by atoms with van der Waals surface area (Å²) in [5.74, 6) is 0. The molecule has 1 aliphatic heterocycles. The van der Waals surface area contributed by atoms with E-state index in [4.69, 9.17) is 14.8 Å². The summed E-state index contributed by atoms with van der Waals surface area (Å²) in [7, 11) is 3.58. The van der Waals surface area contributed by atoms with E-state index in [0.717, 1.165) is 87.0 Å². The van der Waals surface area contributed by atoms with E-state index in [1.165, 1.54) is 16.9 Å². The molecule has 3 fully saturated rings. The normalized spacial score (nSPS) is 25.7. The fourth-order valence-corrected chi connectivity index (χ4v) is 6.66. The van der Waals surface area contributed by atoms with E-state index in [1.54, 1.807) is 7.05 Å². The molecule has 1 N–H and O–H groups in total. The third-order valence-electron chi connectivity index (χ3n) is 8.82. The second kappa shape index (κ2) is 7.96. The largest absolute Gasteiger partial charge is 0.443 e. The second-order valence-corrected chi connectivity index (χ2v) is 11.0. The van der Waals surface area contributed by atoms with E-state index < -0.39 is 0 Å². The standard InChI is InChI=1S/C26H35N7O2/c1-17-13-22(19-14-28-31(4)23(19)29-17)32-12-5-21-20(15-32)18(2)30-33(21)16-25-6-9-26(10-7-25,11-8-25)35-24(34)27-3/h13-14H,5-12,15-16H2,1-4H3,(H,27,34). The van der Waals surface area contributed by atoms with Crippen LogP contribution in [-0.4, -0.2) is 49.8 Å². The number of fused-ring (bicyclic) bond motifs is 5. The molecular weight excluding hydrogens is 442 g/mol. The number of nitrogens with one attached hydrogen (secondary N) is 1. The lowest BCUT2D eigenvalue weighted by Gasteiger charge is -2.52. The number of ether oxygens (including phenoxy) is 1. The van der Waals surface area contributed by atoms with Crippen LogP contribution >= 0.6 is 0 Å². The first-order valence-corrected chi connectivity index (χ1v) is 12.8. The molecule has 3 saturated carbocycles. The first-order valence-electron chi connectivity index (χ1n) is 12.8. The number of carbonyl (C=O) groups is 1. The van der Waals surface area contributed by atoms with Crippen LogP contribution in [0.1, 0.15) is 61.2 Å². The van der Waals surface area contributed by atoms with E-state index in [2.05, 4.69) is 39.9 Å². The number of carbonyl (C=O) groups excluding carboxylic acids is 1. The molecule has 1 amide bonds. The number of pyridine rings is 1. The maximum absolute atomic E-state index is 11.9. The molecule has 7 rings (SSSR count). The minimum absolute atomic E-state index is 0.262. The SMILES string of the molecule is CNC(=O)OC12CCC(Cn3nc(C)c4c3CCN(c3cc(C)nc5c3cnn5C)C4)(CC1)CC2. The van der Waals surface area contributed by atoms with Crippen LogP contribution < -0.4 is 10.2 Å². The van der Waals surface area contributed by atoms with Crippen molar-refractivity contribution in [2.75, 3.05) is 18.5 Å². The molecule has 9 heteroatoms. The monoisotopic (exact) mass is 477 g/mol. The predicted octanol–water partition coefficient (Wildman–Crippen LogP) is 3.79.